The fourth-order valence-electron chi connectivity index (χ4n) is 12.5. The molecule has 5 aliphatic rings. The maximum atomic E-state index is 12.6. The van der Waals surface area contributed by atoms with Gasteiger partial charge in [0.15, 0.2) is 6.29 Å². The van der Waals surface area contributed by atoms with E-state index in [9.17, 15) is 20.1 Å². The quantitative estimate of drug-likeness (QED) is 0.0536. The van der Waals surface area contributed by atoms with E-state index in [1.54, 1.807) is 0 Å². The molecule has 0 aromatic heterocycles. The second kappa shape index (κ2) is 22.7. The fraction of sp³-hybridized carbons (Fsp3) is 0.902. The van der Waals surface area contributed by atoms with Gasteiger partial charge in [0, 0.05) is 6.42 Å². The average molecular weight is 813 g/mol. The molecule has 14 atom stereocenters. The highest BCUT2D eigenvalue weighted by atomic mass is 16.7. The Morgan fingerprint density at radius 1 is 0.828 bits per heavy atom. The summed E-state index contributed by atoms with van der Waals surface area (Å²) in [5, 5.41) is 32.5. The fourth-order valence-corrected chi connectivity index (χ4v) is 12.5. The maximum Gasteiger partial charge on any atom is 0.305 e. The number of carbonyl (C=O) groups excluding carboxylic acids is 1. The van der Waals surface area contributed by atoms with Gasteiger partial charge >= 0.3 is 5.97 Å². The lowest BCUT2D eigenvalue weighted by atomic mass is 9.47. The van der Waals surface area contributed by atoms with E-state index in [1.165, 1.54) is 89.0 Å². The SMILES string of the molecule is CCCCCCC/C=C\CCCCCCCC(=O)OCC1OC(OC2CCC3(C)C(=CCC4C3CCC3(C)C(C(C)CCC(C)C(C)C)CCC43)C2)C(O)C(O)C1O. The molecule has 4 fully saturated rings. The van der Waals surface area contributed by atoms with Crippen LogP contribution < -0.4 is 0 Å². The number of ether oxygens (including phenoxy) is 3. The van der Waals surface area contributed by atoms with Gasteiger partial charge in [-0.15, -0.1) is 0 Å². The van der Waals surface area contributed by atoms with Crippen molar-refractivity contribution in [1.29, 1.82) is 0 Å². The molecule has 1 saturated heterocycles. The van der Waals surface area contributed by atoms with Gasteiger partial charge in [-0.2, -0.15) is 0 Å². The highest BCUT2D eigenvalue weighted by Crippen LogP contribution is 2.67. The molecule has 4 aliphatic carbocycles. The lowest BCUT2D eigenvalue weighted by molar-refractivity contribution is -0.313. The summed E-state index contributed by atoms with van der Waals surface area (Å²) in [5.74, 6) is 5.15. The lowest BCUT2D eigenvalue weighted by Gasteiger charge is -2.58. The number of esters is 1. The van der Waals surface area contributed by atoms with Crippen molar-refractivity contribution in [3.05, 3.63) is 23.8 Å². The Morgan fingerprint density at radius 2 is 1.52 bits per heavy atom. The molecule has 0 amide bonds. The van der Waals surface area contributed by atoms with Gasteiger partial charge in [0.05, 0.1) is 6.10 Å². The van der Waals surface area contributed by atoms with E-state index in [0.29, 0.717) is 17.8 Å². The Bertz CT molecular complexity index is 1300. The molecule has 7 heteroatoms. The van der Waals surface area contributed by atoms with Crippen LogP contribution in [-0.2, 0) is 19.0 Å². The van der Waals surface area contributed by atoms with E-state index >= 15 is 0 Å². The van der Waals surface area contributed by atoms with E-state index in [0.717, 1.165) is 93.3 Å². The van der Waals surface area contributed by atoms with Gasteiger partial charge in [-0.1, -0.05) is 130 Å². The molecule has 334 valence electrons. The Labute approximate surface area is 354 Å². The third-order valence-corrected chi connectivity index (χ3v) is 16.8. The first-order valence-corrected chi connectivity index (χ1v) is 24.6. The van der Waals surface area contributed by atoms with Gasteiger partial charge in [-0.25, -0.2) is 0 Å². The van der Waals surface area contributed by atoms with E-state index < -0.39 is 30.7 Å². The molecular formula is C51H88O7. The zero-order valence-electron chi connectivity index (χ0n) is 38.2. The third kappa shape index (κ3) is 12.0. The number of aliphatic hydroxyl groups is 3. The summed E-state index contributed by atoms with van der Waals surface area (Å²) in [4.78, 5) is 12.6. The summed E-state index contributed by atoms with van der Waals surface area (Å²) in [6.07, 6.45) is 27.3. The van der Waals surface area contributed by atoms with E-state index in [2.05, 4.69) is 66.7 Å². The highest BCUT2D eigenvalue weighted by molar-refractivity contribution is 5.69. The zero-order chi connectivity index (χ0) is 41.9. The summed E-state index contributed by atoms with van der Waals surface area (Å²) < 4.78 is 18.0. The molecule has 0 aromatic rings. The van der Waals surface area contributed by atoms with Crippen LogP contribution in [0.2, 0.25) is 0 Å². The summed E-state index contributed by atoms with van der Waals surface area (Å²) in [6, 6.07) is 0. The first-order valence-electron chi connectivity index (χ1n) is 24.6. The predicted molar refractivity (Wildman–Crippen MR) is 235 cm³/mol. The largest absolute Gasteiger partial charge is 0.463 e. The highest BCUT2D eigenvalue weighted by Gasteiger charge is 2.59. The van der Waals surface area contributed by atoms with Gasteiger partial charge in [0.1, 0.15) is 31.0 Å². The molecule has 0 aromatic carbocycles. The van der Waals surface area contributed by atoms with Crippen LogP contribution in [0.3, 0.4) is 0 Å². The third-order valence-electron chi connectivity index (χ3n) is 16.8. The monoisotopic (exact) mass is 813 g/mol. The Kier molecular flexibility index (Phi) is 18.7. The normalized spacial score (nSPS) is 37.3. The molecule has 1 aliphatic heterocycles. The molecule has 0 spiro atoms. The van der Waals surface area contributed by atoms with Crippen molar-refractivity contribution >= 4 is 5.97 Å². The first-order chi connectivity index (χ1) is 27.8. The average Bonchev–Trinajstić information content (AvgIpc) is 3.57. The number of aliphatic hydroxyl groups excluding tert-OH is 3. The Morgan fingerprint density at radius 3 is 2.22 bits per heavy atom. The van der Waals surface area contributed by atoms with Crippen LogP contribution in [0.25, 0.3) is 0 Å². The van der Waals surface area contributed by atoms with E-state index in [1.807, 2.05) is 0 Å². The van der Waals surface area contributed by atoms with Gasteiger partial charge in [0.25, 0.3) is 0 Å². The number of hydrogen-bond acceptors (Lipinski definition) is 7. The van der Waals surface area contributed by atoms with Crippen LogP contribution in [0.15, 0.2) is 23.8 Å². The molecule has 0 bridgehead atoms. The predicted octanol–water partition coefficient (Wildman–Crippen LogP) is 11.7. The smallest absolute Gasteiger partial charge is 0.305 e. The minimum absolute atomic E-state index is 0.142. The molecule has 0 radical (unpaired) electrons. The molecular weight excluding hydrogens is 725 g/mol. The second-order valence-electron chi connectivity index (χ2n) is 20.9. The van der Waals surface area contributed by atoms with Crippen molar-refractivity contribution in [2.24, 2.45) is 52.3 Å². The van der Waals surface area contributed by atoms with Gasteiger partial charge in [-0.05, 0) is 136 Å². The molecule has 7 nitrogen and oxygen atoms in total. The van der Waals surface area contributed by atoms with Crippen molar-refractivity contribution in [1.82, 2.24) is 0 Å². The molecule has 1 heterocycles. The minimum Gasteiger partial charge on any atom is -0.463 e. The zero-order valence-corrected chi connectivity index (χ0v) is 38.2. The van der Waals surface area contributed by atoms with Gasteiger partial charge in [0.2, 0.25) is 0 Å². The number of rotatable bonds is 23. The number of hydrogen-bond donors (Lipinski definition) is 3. The van der Waals surface area contributed by atoms with Crippen molar-refractivity contribution in [3.63, 3.8) is 0 Å². The number of carbonyl (C=O) groups is 1. The van der Waals surface area contributed by atoms with Crippen LogP contribution in [0.4, 0.5) is 0 Å². The van der Waals surface area contributed by atoms with Crippen molar-refractivity contribution in [2.75, 3.05) is 6.61 Å². The second-order valence-corrected chi connectivity index (χ2v) is 20.9. The van der Waals surface area contributed by atoms with E-state index in [4.69, 9.17) is 14.2 Å². The van der Waals surface area contributed by atoms with Gasteiger partial charge in [-0.3, -0.25) is 4.79 Å². The standard InChI is InChI=1S/C51H88O7/c1-8-9-10-11-12-13-14-15-16-17-18-19-20-21-22-45(52)56-34-44-46(53)47(54)48(55)49(58-44)57-39-29-31-50(6)38(33-39)25-26-40-42-28-27-41(51(42,7)32-30-43(40)50)37(5)24-23-36(4)35(2)3/h14-15,25,35-37,39-44,46-49,53-55H,8-13,16-24,26-34H2,1-7H3/b15-14-. The van der Waals surface area contributed by atoms with Crippen LogP contribution in [0.5, 0.6) is 0 Å². The summed E-state index contributed by atoms with van der Waals surface area (Å²) in [7, 11) is 0. The number of allylic oxidation sites excluding steroid dienone is 3. The summed E-state index contributed by atoms with van der Waals surface area (Å²) in [5.41, 5.74) is 2.12. The molecule has 58 heavy (non-hydrogen) atoms. The lowest BCUT2D eigenvalue weighted by Crippen LogP contribution is -2.60. The summed E-state index contributed by atoms with van der Waals surface area (Å²) in [6.45, 7) is 17.0. The maximum absolute atomic E-state index is 12.6. The molecule has 3 N–H and O–H groups in total. The van der Waals surface area contributed by atoms with E-state index in [-0.39, 0.29) is 24.1 Å². The Hall–Kier alpha value is -1.25. The van der Waals surface area contributed by atoms with Crippen LogP contribution >= 0.6 is 0 Å². The van der Waals surface area contributed by atoms with Crippen molar-refractivity contribution < 1.29 is 34.3 Å². The van der Waals surface area contributed by atoms with Crippen LogP contribution in [0, 0.1) is 52.3 Å². The van der Waals surface area contributed by atoms with Gasteiger partial charge < -0.3 is 29.5 Å². The number of fused-ring (bicyclic) bond motifs is 5. The molecule has 5 rings (SSSR count). The van der Waals surface area contributed by atoms with Crippen LogP contribution in [-0.4, -0.2) is 64.7 Å². The van der Waals surface area contributed by atoms with Crippen molar-refractivity contribution in [2.45, 2.75) is 233 Å². The molecule has 3 saturated carbocycles. The number of unbranched alkanes of at least 4 members (excludes halogenated alkanes) is 10. The topological polar surface area (TPSA) is 105 Å². The van der Waals surface area contributed by atoms with Crippen LogP contribution in [0.1, 0.15) is 196 Å². The molecule has 14 unspecified atom stereocenters. The minimum atomic E-state index is -1.44. The summed E-state index contributed by atoms with van der Waals surface area (Å²) >= 11 is 0. The Balaban J connectivity index is 1.03. The van der Waals surface area contributed by atoms with Crippen molar-refractivity contribution in [3.8, 4) is 0 Å². The first kappa shape index (κ1) is 47.8.